The number of hydrogen-bond donors (Lipinski definition) is 1. The van der Waals surface area contributed by atoms with Crippen LogP contribution in [0, 0.1) is 0 Å². The third kappa shape index (κ3) is 2.26. The molecule has 3 aromatic rings. The number of nitrogens with one attached hydrogen (secondary N) is 1. The minimum atomic E-state index is -0.888. The van der Waals surface area contributed by atoms with Crippen molar-refractivity contribution in [2.24, 2.45) is 0 Å². The topological polar surface area (TPSA) is 38.3 Å². The van der Waals surface area contributed by atoms with Crippen LogP contribution in [0.2, 0.25) is 0 Å². The maximum absolute atomic E-state index is 12.3. The first kappa shape index (κ1) is 14.5. The average molecular weight is 315 g/mol. The molecule has 24 heavy (non-hydrogen) atoms. The predicted molar refractivity (Wildman–Crippen MR) is 92.5 cm³/mol. The maximum atomic E-state index is 12.3. The summed E-state index contributed by atoms with van der Waals surface area (Å²) in [6, 6.07) is 29.4. The van der Waals surface area contributed by atoms with Crippen molar-refractivity contribution in [3.8, 4) is 0 Å². The molecule has 0 aromatic heterocycles. The molecule has 118 valence electrons. The van der Waals surface area contributed by atoms with Crippen LogP contribution in [0.5, 0.6) is 0 Å². The molecule has 3 aromatic carbocycles. The van der Waals surface area contributed by atoms with E-state index in [2.05, 4.69) is 5.32 Å². The summed E-state index contributed by atoms with van der Waals surface area (Å²) in [6.45, 7) is 0. The molecule has 1 amide bonds. The number of benzene rings is 3. The first-order chi connectivity index (χ1) is 11.8. The van der Waals surface area contributed by atoms with E-state index in [4.69, 9.17) is 4.74 Å². The second kappa shape index (κ2) is 5.85. The number of alkyl carbamates (subject to hydrolysis) is 1. The van der Waals surface area contributed by atoms with Gasteiger partial charge in [-0.3, -0.25) is 0 Å². The molecule has 3 nitrogen and oxygen atoms in total. The van der Waals surface area contributed by atoms with E-state index >= 15 is 0 Å². The molecule has 0 spiro atoms. The van der Waals surface area contributed by atoms with Crippen molar-refractivity contribution in [3.05, 3.63) is 108 Å². The number of ether oxygens (including phenoxy) is 1. The molecular weight excluding hydrogens is 298 g/mol. The van der Waals surface area contributed by atoms with E-state index in [9.17, 15) is 4.79 Å². The van der Waals surface area contributed by atoms with Crippen molar-refractivity contribution in [3.63, 3.8) is 0 Å². The predicted octanol–water partition coefficient (Wildman–Crippen LogP) is 4.41. The van der Waals surface area contributed by atoms with Crippen LogP contribution in [0.15, 0.2) is 91.0 Å². The molecule has 1 saturated heterocycles. The van der Waals surface area contributed by atoms with E-state index in [0.717, 1.165) is 16.7 Å². The van der Waals surface area contributed by atoms with E-state index in [1.54, 1.807) is 0 Å². The molecule has 4 rings (SSSR count). The number of rotatable bonds is 3. The van der Waals surface area contributed by atoms with E-state index in [0.29, 0.717) is 0 Å². The Morgan fingerprint density at radius 2 is 1.17 bits per heavy atom. The fourth-order valence-electron chi connectivity index (χ4n) is 3.41. The molecule has 1 fully saturated rings. The molecule has 0 bridgehead atoms. The molecular formula is C21H17NO2. The number of carbonyl (C=O) groups excluding carboxylic acids is 1. The molecule has 1 N–H and O–H groups in total. The zero-order valence-electron chi connectivity index (χ0n) is 13.1. The van der Waals surface area contributed by atoms with E-state index in [1.807, 2.05) is 91.0 Å². The third-order valence-electron chi connectivity index (χ3n) is 4.46. The lowest BCUT2D eigenvalue weighted by Gasteiger charge is -2.33. The lowest BCUT2D eigenvalue weighted by atomic mass is 9.78. The van der Waals surface area contributed by atoms with Crippen LogP contribution in [0.4, 0.5) is 4.79 Å². The average Bonchev–Trinajstić information content (AvgIpc) is 3.02. The Balaban J connectivity index is 1.97. The molecule has 0 aliphatic carbocycles. The van der Waals surface area contributed by atoms with Crippen LogP contribution in [0.1, 0.15) is 22.7 Å². The van der Waals surface area contributed by atoms with Crippen LogP contribution in [0.25, 0.3) is 0 Å². The monoisotopic (exact) mass is 315 g/mol. The Morgan fingerprint density at radius 1 is 0.708 bits per heavy atom. The van der Waals surface area contributed by atoms with Gasteiger partial charge in [0.25, 0.3) is 0 Å². The number of carbonyl (C=O) groups is 1. The van der Waals surface area contributed by atoms with Gasteiger partial charge in [-0.05, 0) is 5.56 Å². The SMILES string of the molecule is O=C1N[C@@H](c2ccccc2)C(c2ccccc2)(c2ccccc2)O1. The normalized spacial score (nSPS) is 18.7. The first-order valence-corrected chi connectivity index (χ1v) is 7.96. The highest BCUT2D eigenvalue weighted by Gasteiger charge is 2.52. The van der Waals surface area contributed by atoms with Crippen LogP contribution >= 0.6 is 0 Å². The van der Waals surface area contributed by atoms with Crippen molar-refractivity contribution in [1.29, 1.82) is 0 Å². The standard InChI is InChI=1S/C21H17NO2/c23-20-22-19(16-10-4-1-5-11-16)21(24-20,17-12-6-2-7-13-17)18-14-8-3-9-15-18/h1-15,19H,(H,22,23)/t19-/m0/s1. The van der Waals surface area contributed by atoms with Gasteiger partial charge in [0, 0.05) is 11.1 Å². The molecule has 1 atom stereocenters. The van der Waals surface area contributed by atoms with Crippen LogP contribution in [-0.2, 0) is 10.3 Å². The third-order valence-corrected chi connectivity index (χ3v) is 4.46. The summed E-state index contributed by atoms with van der Waals surface area (Å²) in [6.07, 6.45) is -0.406. The smallest absolute Gasteiger partial charge is 0.409 e. The van der Waals surface area contributed by atoms with Crippen LogP contribution in [-0.4, -0.2) is 6.09 Å². The van der Waals surface area contributed by atoms with Crippen LogP contribution in [0.3, 0.4) is 0 Å². The first-order valence-electron chi connectivity index (χ1n) is 7.96. The number of cyclic esters (lactones) is 1. The second-order valence-electron chi connectivity index (χ2n) is 5.85. The lowest BCUT2D eigenvalue weighted by Crippen LogP contribution is -2.35. The largest absolute Gasteiger partial charge is 0.430 e. The Kier molecular flexibility index (Phi) is 3.54. The number of hydrogen-bond acceptors (Lipinski definition) is 2. The summed E-state index contributed by atoms with van der Waals surface area (Å²) in [5, 5.41) is 3.00. The fourth-order valence-corrected chi connectivity index (χ4v) is 3.41. The molecule has 0 unspecified atom stereocenters. The summed E-state index contributed by atoms with van der Waals surface area (Å²) in [4.78, 5) is 12.3. The summed E-state index contributed by atoms with van der Waals surface area (Å²) >= 11 is 0. The van der Waals surface area contributed by atoms with Gasteiger partial charge in [0.05, 0.1) is 0 Å². The van der Waals surface area contributed by atoms with Gasteiger partial charge < -0.3 is 10.1 Å². The molecule has 3 heteroatoms. The van der Waals surface area contributed by atoms with E-state index < -0.39 is 11.7 Å². The van der Waals surface area contributed by atoms with Crippen molar-refractivity contribution < 1.29 is 9.53 Å². The van der Waals surface area contributed by atoms with Crippen molar-refractivity contribution in [2.45, 2.75) is 11.6 Å². The van der Waals surface area contributed by atoms with Gasteiger partial charge in [-0.1, -0.05) is 91.0 Å². The van der Waals surface area contributed by atoms with Gasteiger partial charge in [0.15, 0.2) is 5.60 Å². The van der Waals surface area contributed by atoms with Crippen molar-refractivity contribution in [1.82, 2.24) is 5.32 Å². The zero-order chi connectivity index (χ0) is 16.4. The molecule has 0 radical (unpaired) electrons. The fraction of sp³-hybridized carbons (Fsp3) is 0.0952. The molecule has 1 aliphatic rings. The highest BCUT2D eigenvalue weighted by atomic mass is 16.6. The lowest BCUT2D eigenvalue weighted by molar-refractivity contribution is 0.0682. The van der Waals surface area contributed by atoms with Crippen molar-refractivity contribution in [2.75, 3.05) is 0 Å². The quantitative estimate of drug-likeness (QED) is 0.777. The number of amides is 1. The summed E-state index contributed by atoms with van der Waals surface area (Å²) in [5.41, 5.74) is 2.02. The second-order valence-corrected chi connectivity index (χ2v) is 5.85. The van der Waals surface area contributed by atoms with Crippen LogP contribution < -0.4 is 5.32 Å². The van der Waals surface area contributed by atoms with Gasteiger partial charge in [-0.15, -0.1) is 0 Å². The van der Waals surface area contributed by atoms with Gasteiger partial charge in [-0.2, -0.15) is 0 Å². The van der Waals surface area contributed by atoms with E-state index in [1.165, 1.54) is 0 Å². The summed E-state index contributed by atoms with van der Waals surface area (Å²) in [7, 11) is 0. The Bertz CT molecular complexity index is 792. The van der Waals surface area contributed by atoms with Gasteiger partial charge >= 0.3 is 6.09 Å². The zero-order valence-corrected chi connectivity index (χ0v) is 13.1. The molecule has 1 heterocycles. The Morgan fingerprint density at radius 3 is 1.67 bits per heavy atom. The van der Waals surface area contributed by atoms with Gasteiger partial charge in [0.1, 0.15) is 6.04 Å². The summed E-state index contributed by atoms with van der Waals surface area (Å²) < 4.78 is 5.94. The Hall–Kier alpha value is -3.07. The van der Waals surface area contributed by atoms with Gasteiger partial charge in [0.2, 0.25) is 0 Å². The minimum Gasteiger partial charge on any atom is -0.430 e. The summed E-state index contributed by atoms with van der Waals surface area (Å²) in [5.74, 6) is 0. The highest BCUT2D eigenvalue weighted by Crippen LogP contribution is 2.47. The minimum absolute atomic E-state index is 0.295. The van der Waals surface area contributed by atoms with Gasteiger partial charge in [-0.25, -0.2) is 4.79 Å². The Labute approximate surface area is 140 Å². The molecule has 0 saturated carbocycles. The van der Waals surface area contributed by atoms with E-state index in [-0.39, 0.29) is 6.04 Å². The maximum Gasteiger partial charge on any atom is 0.409 e. The highest BCUT2D eigenvalue weighted by molar-refractivity contribution is 5.74. The molecule has 1 aliphatic heterocycles. The van der Waals surface area contributed by atoms with Crippen molar-refractivity contribution >= 4 is 6.09 Å².